The standard InChI is InChI=1S/C11H12FN/c1-3-6-11(13-2)9-7-4-5-8-10(9)12/h1,4-5,7-8,11,13H,6H2,2H3. The minimum atomic E-state index is -0.211. The van der Waals surface area contributed by atoms with E-state index >= 15 is 0 Å². The molecule has 1 N–H and O–H groups in total. The van der Waals surface area contributed by atoms with Crippen LogP contribution in [-0.2, 0) is 0 Å². The predicted octanol–water partition coefficient (Wildman–Crippen LogP) is 2.11. The van der Waals surface area contributed by atoms with Crippen LogP contribution in [0.3, 0.4) is 0 Å². The Morgan fingerprint density at radius 2 is 2.23 bits per heavy atom. The zero-order valence-electron chi connectivity index (χ0n) is 7.55. The number of halogens is 1. The molecule has 0 aliphatic carbocycles. The largest absolute Gasteiger partial charge is 0.312 e. The summed E-state index contributed by atoms with van der Waals surface area (Å²) in [5.74, 6) is 2.30. The van der Waals surface area contributed by atoms with Gasteiger partial charge in [-0.25, -0.2) is 4.39 Å². The maximum Gasteiger partial charge on any atom is 0.128 e. The van der Waals surface area contributed by atoms with E-state index in [1.807, 2.05) is 0 Å². The van der Waals surface area contributed by atoms with Gasteiger partial charge in [-0.3, -0.25) is 0 Å². The lowest BCUT2D eigenvalue weighted by Gasteiger charge is -2.13. The highest BCUT2D eigenvalue weighted by molar-refractivity contribution is 5.22. The Balaban J connectivity index is 2.92. The van der Waals surface area contributed by atoms with Crippen LogP contribution in [0.15, 0.2) is 24.3 Å². The SMILES string of the molecule is C#CCC(NC)c1ccccc1F. The molecule has 1 aromatic carbocycles. The molecule has 1 unspecified atom stereocenters. The van der Waals surface area contributed by atoms with Gasteiger partial charge in [-0.2, -0.15) is 0 Å². The Labute approximate surface area is 78.0 Å². The van der Waals surface area contributed by atoms with Crippen LogP contribution in [0.4, 0.5) is 4.39 Å². The Bertz CT molecular complexity index is 314. The second kappa shape index (κ2) is 4.64. The first-order chi connectivity index (χ1) is 6.29. The van der Waals surface area contributed by atoms with Gasteiger partial charge in [-0.05, 0) is 13.1 Å². The highest BCUT2D eigenvalue weighted by Gasteiger charge is 2.11. The van der Waals surface area contributed by atoms with Crippen molar-refractivity contribution in [3.63, 3.8) is 0 Å². The second-order valence-corrected chi connectivity index (χ2v) is 2.77. The number of nitrogens with one attached hydrogen (secondary N) is 1. The summed E-state index contributed by atoms with van der Waals surface area (Å²) in [6, 6.07) is 6.57. The summed E-state index contributed by atoms with van der Waals surface area (Å²) in [4.78, 5) is 0. The topological polar surface area (TPSA) is 12.0 Å². The molecule has 0 heterocycles. The maximum atomic E-state index is 13.2. The van der Waals surface area contributed by atoms with Gasteiger partial charge < -0.3 is 5.32 Å². The van der Waals surface area contributed by atoms with Gasteiger partial charge in [-0.1, -0.05) is 18.2 Å². The molecule has 0 aliphatic heterocycles. The average Bonchev–Trinajstić information content (AvgIpc) is 2.16. The number of rotatable bonds is 3. The van der Waals surface area contributed by atoms with E-state index in [0.717, 1.165) is 0 Å². The molecule has 1 rings (SSSR count). The van der Waals surface area contributed by atoms with Crippen molar-refractivity contribution in [1.29, 1.82) is 0 Å². The summed E-state index contributed by atoms with van der Waals surface area (Å²) in [5.41, 5.74) is 0.628. The lowest BCUT2D eigenvalue weighted by molar-refractivity contribution is 0.544. The molecule has 0 amide bonds. The first-order valence-electron chi connectivity index (χ1n) is 4.14. The Morgan fingerprint density at radius 3 is 2.77 bits per heavy atom. The zero-order valence-corrected chi connectivity index (χ0v) is 7.55. The molecule has 0 bridgehead atoms. The van der Waals surface area contributed by atoms with Crippen molar-refractivity contribution >= 4 is 0 Å². The second-order valence-electron chi connectivity index (χ2n) is 2.77. The molecule has 0 saturated heterocycles. The molecule has 2 heteroatoms. The van der Waals surface area contributed by atoms with Crippen molar-refractivity contribution in [3.8, 4) is 12.3 Å². The predicted molar refractivity (Wildman–Crippen MR) is 51.7 cm³/mol. The molecular formula is C11H12FN. The van der Waals surface area contributed by atoms with E-state index in [1.54, 1.807) is 25.2 Å². The Hall–Kier alpha value is -1.33. The molecule has 1 aromatic rings. The van der Waals surface area contributed by atoms with Crippen molar-refractivity contribution in [2.75, 3.05) is 7.05 Å². The van der Waals surface area contributed by atoms with Crippen molar-refractivity contribution in [2.45, 2.75) is 12.5 Å². The molecular weight excluding hydrogens is 165 g/mol. The van der Waals surface area contributed by atoms with Gasteiger partial charge in [0.2, 0.25) is 0 Å². The number of hydrogen-bond acceptors (Lipinski definition) is 1. The normalized spacial score (nSPS) is 12.1. The van der Waals surface area contributed by atoms with E-state index in [1.165, 1.54) is 6.07 Å². The third-order valence-electron chi connectivity index (χ3n) is 1.95. The fraction of sp³-hybridized carbons (Fsp3) is 0.273. The third-order valence-corrected chi connectivity index (χ3v) is 1.95. The highest BCUT2D eigenvalue weighted by Crippen LogP contribution is 2.18. The van der Waals surface area contributed by atoms with Crippen LogP contribution < -0.4 is 5.32 Å². The van der Waals surface area contributed by atoms with Gasteiger partial charge in [0.05, 0.1) is 0 Å². The molecule has 13 heavy (non-hydrogen) atoms. The number of benzene rings is 1. The summed E-state index contributed by atoms with van der Waals surface area (Å²) in [5, 5.41) is 2.98. The van der Waals surface area contributed by atoms with E-state index in [9.17, 15) is 4.39 Å². The molecule has 0 aliphatic rings. The Morgan fingerprint density at radius 1 is 1.54 bits per heavy atom. The smallest absolute Gasteiger partial charge is 0.128 e. The molecule has 0 fully saturated rings. The maximum absolute atomic E-state index is 13.2. The van der Waals surface area contributed by atoms with Crippen molar-refractivity contribution < 1.29 is 4.39 Å². The van der Waals surface area contributed by atoms with Crippen LogP contribution >= 0.6 is 0 Å². The van der Waals surface area contributed by atoms with Gasteiger partial charge in [0.1, 0.15) is 5.82 Å². The van der Waals surface area contributed by atoms with Crippen LogP contribution in [0.5, 0.6) is 0 Å². The summed E-state index contributed by atoms with van der Waals surface area (Å²) in [7, 11) is 1.77. The first kappa shape index (κ1) is 9.76. The zero-order chi connectivity index (χ0) is 9.68. The molecule has 1 atom stereocenters. The van der Waals surface area contributed by atoms with E-state index < -0.39 is 0 Å². The van der Waals surface area contributed by atoms with Crippen LogP contribution in [0.1, 0.15) is 18.0 Å². The summed E-state index contributed by atoms with van der Waals surface area (Å²) < 4.78 is 13.2. The van der Waals surface area contributed by atoms with E-state index in [-0.39, 0.29) is 11.9 Å². The average molecular weight is 177 g/mol. The molecule has 68 valence electrons. The minimum Gasteiger partial charge on any atom is -0.312 e. The third kappa shape index (κ3) is 2.30. The lowest BCUT2D eigenvalue weighted by atomic mass is 10.0. The van der Waals surface area contributed by atoms with Gasteiger partial charge in [-0.15, -0.1) is 12.3 Å². The molecule has 0 spiro atoms. The van der Waals surface area contributed by atoms with Crippen LogP contribution in [0.2, 0.25) is 0 Å². The first-order valence-corrected chi connectivity index (χ1v) is 4.14. The lowest BCUT2D eigenvalue weighted by Crippen LogP contribution is -2.16. The van der Waals surface area contributed by atoms with E-state index in [4.69, 9.17) is 6.42 Å². The highest BCUT2D eigenvalue weighted by atomic mass is 19.1. The van der Waals surface area contributed by atoms with Crippen LogP contribution in [0, 0.1) is 18.2 Å². The van der Waals surface area contributed by atoms with Crippen molar-refractivity contribution in [2.24, 2.45) is 0 Å². The monoisotopic (exact) mass is 177 g/mol. The van der Waals surface area contributed by atoms with Crippen molar-refractivity contribution in [1.82, 2.24) is 5.32 Å². The number of hydrogen-bond donors (Lipinski definition) is 1. The molecule has 0 radical (unpaired) electrons. The number of terminal acetylenes is 1. The summed E-state index contributed by atoms with van der Waals surface area (Å²) in [6.45, 7) is 0. The molecule has 1 nitrogen and oxygen atoms in total. The van der Waals surface area contributed by atoms with Crippen molar-refractivity contribution in [3.05, 3.63) is 35.6 Å². The molecule has 0 aromatic heterocycles. The fourth-order valence-corrected chi connectivity index (χ4v) is 1.24. The van der Waals surface area contributed by atoms with Gasteiger partial charge >= 0.3 is 0 Å². The van der Waals surface area contributed by atoms with Gasteiger partial charge in [0.15, 0.2) is 0 Å². The van der Waals surface area contributed by atoms with Gasteiger partial charge in [0, 0.05) is 18.0 Å². The summed E-state index contributed by atoms with van der Waals surface area (Å²) >= 11 is 0. The minimum absolute atomic E-state index is 0.0915. The van der Waals surface area contributed by atoms with Crippen LogP contribution in [0.25, 0.3) is 0 Å². The quantitative estimate of drug-likeness (QED) is 0.697. The Kier molecular flexibility index (Phi) is 3.48. The summed E-state index contributed by atoms with van der Waals surface area (Å²) in [6.07, 6.45) is 5.68. The van der Waals surface area contributed by atoms with Crippen LogP contribution in [-0.4, -0.2) is 7.05 Å². The van der Waals surface area contributed by atoms with Gasteiger partial charge in [0.25, 0.3) is 0 Å². The van der Waals surface area contributed by atoms with E-state index in [2.05, 4.69) is 11.2 Å². The fourth-order valence-electron chi connectivity index (χ4n) is 1.24. The van der Waals surface area contributed by atoms with E-state index in [0.29, 0.717) is 12.0 Å². The molecule has 0 saturated carbocycles.